The SMILES string of the molecule is C#CCCCC(N)c1ccncc1C. The molecule has 2 N–H and O–H groups in total. The lowest BCUT2D eigenvalue weighted by Crippen LogP contribution is -2.11. The van der Waals surface area contributed by atoms with Gasteiger partial charge in [0, 0.05) is 24.9 Å². The molecule has 0 aliphatic rings. The van der Waals surface area contributed by atoms with E-state index in [2.05, 4.69) is 10.9 Å². The average Bonchev–Trinajstić information content (AvgIpc) is 2.18. The molecule has 1 atom stereocenters. The van der Waals surface area contributed by atoms with Crippen LogP contribution in [0.4, 0.5) is 0 Å². The van der Waals surface area contributed by atoms with E-state index in [-0.39, 0.29) is 6.04 Å². The zero-order valence-electron chi connectivity index (χ0n) is 8.53. The van der Waals surface area contributed by atoms with E-state index in [0.717, 1.165) is 24.8 Å². The smallest absolute Gasteiger partial charge is 0.0300 e. The molecule has 0 spiro atoms. The molecule has 1 rings (SSSR count). The van der Waals surface area contributed by atoms with Crippen molar-refractivity contribution < 1.29 is 0 Å². The van der Waals surface area contributed by atoms with Crippen LogP contribution in [0.3, 0.4) is 0 Å². The highest BCUT2D eigenvalue weighted by Crippen LogP contribution is 2.18. The Labute approximate surface area is 85.5 Å². The maximum Gasteiger partial charge on any atom is 0.0300 e. The molecular weight excluding hydrogens is 172 g/mol. The molecule has 1 aromatic heterocycles. The number of rotatable bonds is 4. The number of terminal acetylenes is 1. The Morgan fingerprint density at radius 3 is 3.07 bits per heavy atom. The van der Waals surface area contributed by atoms with Crippen molar-refractivity contribution in [2.75, 3.05) is 0 Å². The molecule has 0 aliphatic heterocycles. The van der Waals surface area contributed by atoms with Gasteiger partial charge in [0.2, 0.25) is 0 Å². The minimum absolute atomic E-state index is 0.0892. The molecule has 0 fully saturated rings. The number of nitrogens with zero attached hydrogens (tertiary/aromatic N) is 1. The summed E-state index contributed by atoms with van der Waals surface area (Å²) in [5.41, 5.74) is 8.37. The second-order valence-electron chi connectivity index (χ2n) is 3.44. The topological polar surface area (TPSA) is 38.9 Å². The maximum absolute atomic E-state index is 6.04. The molecule has 0 saturated heterocycles. The highest BCUT2D eigenvalue weighted by molar-refractivity contribution is 5.24. The van der Waals surface area contributed by atoms with Crippen molar-refractivity contribution in [3.05, 3.63) is 29.6 Å². The molecule has 1 unspecified atom stereocenters. The number of unbranched alkanes of at least 4 members (excludes halogenated alkanes) is 1. The molecule has 0 radical (unpaired) electrons. The zero-order valence-corrected chi connectivity index (χ0v) is 8.53. The summed E-state index contributed by atoms with van der Waals surface area (Å²) in [5.74, 6) is 2.62. The van der Waals surface area contributed by atoms with E-state index in [1.165, 1.54) is 5.56 Å². The number of hydrogen-bond donors (Lipinski definition) is 1. The molecule has 74 valence electrons. The lowest BCUT2D eigenvalue weighted by Gasteiger charge is -2.13. The summed E-state index contributed by atoms with van der Waals surface area (Å²) in [4.78, 5) is 4.04. The van der Waals surface area contributed by atoms with Crippen molar-refractivity contribution in [1.82, 2.24) is 4.98 Å². The standard InChI is InChI=1S/C12H16N2/c1-3-4-5-6-12(13)11-7-8-14-9-10(11)2/h1,7-9,12H,4-6,13H2,2H3. The van der Waals surface area contributed by atoms with E-state index < -0.39 is 0 Å². The van der Waals surface area contributed by atoms with Crippen LogP contribution < -0.4 is 5.73 Å². The molecule has 0 bridgehead atoms. The van der Waals surface area contributed by atoms with Gasteiger partial charge in [-0.1, -0.05) is 0 Å². The van der Waals surface area contributed by atoms with E-state index in [1.54, 1.807) is 6.20 Å². The van der Waals surface area contributed by atoms with Gasteiger partial charge in [-0.15, -0.1) is 12.3 Å². The van der Waals surface area contributed by atoms with Gasteiger partial charge < -0.3 is 5.73 Å². The van der Waals surface area contributed by atoms with Crippen molar-refractivity contribution in [1.29, 1.82) is 0 Å². The first-order valence-electron chi connectivity index (χ1n) is 4.85. The van der Waals surface area contributed by atoms with Crippen LogP contribution in [0.1, 0.15) is 36.4 Å². The fourth-order valence-electron chi connectivity index (χ4n) is 1.48. The first-order valence-corrected chi connectivity index (χ1v) is 4.85. The molecule has 0 saturated carbocycles. The Balaban J connectivity index is 2.57. The zero-order chi connectivity index (χ0) is 10.4. The summed E-state index contributed by atoms with van der Waals surface area (Å²) < 4.78 is 0. The summed E-state index contributed by atoms with van der Waals surface area (Å²) >= 11 is 0. The molecule has 1 heterocycles. The molecule has 14 heavy (non-hydrogen) atoms. The Morgan fingerprint density at radius 1 is 1.64 bits per heavy atom. The summed E-state index contributed by atoms with van der Waals surface area (Å²) in [7, 11) is 0. The van der Waals surface area contributed by atoms with Gasteiger partial charge in [-0.3, -0.25) is 4.98 Å². The molecule has 1 aromatic rings. The quantitative estimate of drug-likeness (QED) is 0.581. The first kappa shape index (κ1) is 10.7. The van der Waals surface area contributed by atoms with Crippen molar-refractivity contribution in [3.8, 4) is 12.3 Å². The van der Waals surface area contributed by atoms with Crippen molar-refractivity contribution in [3.63, 3.8) is 0 Å². The number of aryl methyl sites for hydroxylation is 1. The second-order valence-corrected chi connectivity index (χ2v) is 3.44. The van der Waals surface area contributed by atoms with E-state index in [0.29, 0.717) is 0 Å². The Bertz CT molecular complexity index is 325. The maximum atomic E-state index is 6.04. The second kappa shape index (κ2) is 5.41. The van der Waals surface area contributed by atoms with Crippen molar-refractivity contribution in [2.45, 2.75) is 32.2 Å². The first-order chi connectivity index (χ1) is 6.75. The van der Waals surface area contributed by atoms with E-state index >= 15 is 0 Å². The summed E-state index contributed by atoms with van der Waals surface area (Å²) in [5, 5.41) is 0. The predicted octanol–water partition coefficient (Wildman–Crippen LogP) is 2.19. The van der Waals surface area contributed by atoms with E-state index in [4.69, 9.17) is 12.2 Å². The Hall–Kier alpha value is -1.33. The van der Waals surface area contributed by atoms with Crippen LogP contribution in [0.5, 0.6) is 0 Å². The van der Waals surface area contributed by atoms with Gasteiger partial charge >= 0.3 is 0 Å². The number of nitrogens with two attached hydrogens (primary N) is 1. The summed E-state index contributed by atoms with van der Waals surface area (Å²) in [6.07, 6.45) is 11.5. The summed E-state index contributed by atoms with van der Waals surface area (Å²) in [6.45, 7) is 2.03. The lowest BCUT2D eigenvalue weighted by atomic mass is 9.99. The number of aromatic nitrogens is 1. The number of hydrogen-bond acceptors (Lipinski definition) is 2. The molecule has 0 aromatic carbocycles. The van der Waals surface area contributed by atoms with Crippen LogP contribution in [0.2, 0.25) is 0 Å². The lowest BCUT2D eigenvalue weighted by molar-refractivity contribution is 0.617. The molecule has 2 nitrogen and oxygen atoms in total. The van der Waals surface area contributed by atoms with Crippen molar-refractivity contribution in [2.24, 2.45) is 5.73 Å². The van der Waals surface area contributed by atoms with Gasteiger partial charge in [0.05, 0.1) is 0 Å². The predicted molar refractivity (Wildman–Crippen MR) is 58.6 cm³/mol. The average molecular weight is 188 g/mol. The normalized spacial score (nSPS) is 12.1. The minimum atomic E-state index is 0.0892. The van der Waals surface area contributed by atoms with Gasteiger partial charge in [0.25, 0.3) is 0 Å². The molecular formula is C12H16N2. The van der Waals surface area contributed by atoms with Gasteiger partial charge in [-0.2, -0.15) is 0 Å². The molecule has 2 heteroatoms. The van der Waals surface area contributed by atoms with Crippen LogP contribution in [-0.4, -0.2) is 4.98 Å². The van der Waals surface area contributed by atoms with Gasteiger partial charge in [-0.05, 0) is 37.0 Å². The van der Waals surface area contributed by atoms with E-state index in [1.807, 2.05) is 19.2 Å². The highest BCUT2D eigenvalue weighted by Gasteiger charge is 2.07. The highest BCUT2D eigenvalue weighted by atomic mass is 14.7. The fraction of sp³-hybridized carbons (Fsp3) is 0.417. The third kappa shape index (κ3) is 2.86. The third-order valence-electron chi connectivity index (χ3n) is 2.30. The van der Waals surface area contributed by atoms with E-state index in [9.17, 15) is 0 Å². The van der Waals surface area contributed by atoms with Crippen LogP contribution in [-0.2, 0) is 0 Å². The minimum Gasteiger partial charge on any atom is -0.324 e. The number of pyridine rings is 1. The van der Waals surface area contributed by atoms with Gasteiger partial charge in [0.1, 0.15) is 0 Å². The molecule has 0 aliphatic carbocycles. The van der Waals surface area contributed by atoms with Crippen molar-refractivity contribution >= 4 is 0 Å². The fourth-order valence-corrected chi connectivity index (χ4v) is 1.48. The van der Waals surface area contributed by atoms with Crippen LogP contribution in [0, 0.1) is 19.3 Å². The monoisotopic (exact) mass is 188 g/mol. The summed E-state index contributed by atoms with van der Waals surface area (Å²) in [6, 6.07) is 2.07. The third-order valence-corrected chi connectivity index (χ3v) is 2.30. The Morgan fingerprint density at radius 2 is 2.43 bits per heavy atom. The van der Waals surface area contributed by atoms with Gasteiger partial charge in [0.15, 0.2) is 0 Å². The Kier molecular flexibility index (Phi) is 4.15. The van der Waals surface area contributed by atoms with Crippen LogP contribution >= 0.6 is 0 Å². The van der Waals surface area contributed by atoms with Crippen LogP contribution in [0.15, 0.2) is 18.5 Å². The largest absolute Gasteiger partial charge is 0.324 e. The van der Waals surface area contributed by atoms with Gasteiger partial charge in [-0.25, -0.2) is 0 Å². The molecule has 0 amide bonds. The van der Waals surface area contributed by atoms with Crippen LogP contribution in [0.25, 0.3) is 0 Å².